The summed E-state index contributed by atoms with van der Waals surface area (Å²) >= 11 is 0. The van der Waals surface area contributed by atoms with E-state index in [4.69, 9.17) is 4.42 Å². The highest BCUT2D eigenvalue weighted by Gasteiger charge is 2.28. The lowest BCUT2D eigenvalue weighted by molar-refractivity contribution is 0.0994. The van der Waals surface area contributed by atoms with Crippen molar-refractivity contribution < 1.29 is 17.6 Å². The van der Waals surface area contributed by atoms with Crippen LogP contribution in [0.4, 0.5) is 5.69 Å². The maximum Gasteiger partial charge on any atom is 0.291 e. The highest BCUT2D eigenvalue weighted by atomic mass is 32.2. The summed E-state index contributed by atoms with van der Waals surface area (Å²) in [5.41, 5.74) is 0.244. The molecule has 1 aromatic carbocycles. The molecule has 3 aromatic rings. The van der Waals surface area contributed by atoms with Gasteiger partial charge in [-0.2, -0.15) is 9.40 Å². The summed E-state index contributed by atoms with van der Waals surface area (Å²) in [6.45, 7) is 1.40. The van der Waals surface area contributed by atoms with Gasteiger partial charge in [0.05, 0.1) is 12.2 Å². The molecule has 1 aliphatic heterocycles. The standard InChI is InChI=1S/C20H22N4O4S/c25-20(18-10-9-16(28-18)15-23-12-6-11-21-23)22-17-7-2-3-8-19(17)29(26,27)24-13-4-1-5-14-24/h2-3,6-12H,1,4-5,13-15H2,(H,22,25). The Kier molecular flexibility index (Phi) is 5.50. The summed E-state index contributed by atoms with van der Waals surface area (Å²) in [5.74, 6) is 0.184. The number of sulfonamides is 1. The first kappa shape index (κ1) is 19.4. The Bertz CT molecular complexity index is 1080. The Hall–Kier alpha value is -2.91. The summed E-state index contributed by atoms with van der Waals surface area (Å²) in [7, 11) is -3.67. The number of para-hydroxylation sites is 1. The van der Waals surface area contributed by atoms with E-state index in [1.807, 2.05) is 0 Å². The van der Waals surface area contributed by atoms with Crippen LogP contribution in [0.1, 0.15) is 35.6 Å². The highest BCUT2D eigenvalue weighted by Crippen LogP contribution is 2.27. The molecule has 9 heteroatoms. The van der Waals surface area contributed by atoms with Gasteiger partial charge in [0, 0.05) is 25.5 Å². The molecule has 0 radical (unpaired) electrons. The molecule has 29 heavy (non-hydrogen) atoms. The number of carbonyl (C=O) groups excluding carboxylic acids is 1. The van der Waals surface area contributed by atoms with E-state index < -0.39 is 15.9 Å². The number of rotatable bonds is 6. The van der Waals surface area contributed by atoms with E-state index in [-0.39, 0.29) is 16.3 Å². The zero-order valence-corrected chi connectivity index (χ0v) is 16.6. The van der Waals surface area contributed by atoms with Crippen molar-refractivity contribution in [3.63, 3.8) is 0 Å². The number of piperidine rings is 1. The second-order valence-electron chi connectivity index (χ2n) is 6.88. The van der Waals surface area contributed by atoms with E-state index in [9.17, 15) is 13.2 Å². The zero-order valence-electron chi connectivity index (χ0n) is 15.8. The van der Waals surface area contributed by atoms with Crippen LogP contribution in [0.3, 0.4) is 0 Å². The minimum Gasteiger partial charge on any atom is -0.454 e. The number of benzene rings is 1. The molecule has 0 bridgehead atoms. The number of aromatic nitrogens is 2. The smallest absolute Gasteiger partial charge is 0.291 e. The van der Waals surface area contributed by atoms with Crippen LogP contribution in [-0.4, -0.2) is 41.5 Å². The average Bonchev–Trinajstić information content (AvgIpc) is 3.42. The molecule has 8 nitrogen and oxygen atoms in total. The monoisotopic (exact) mass is 414 g/mol. The fraction of sp³-hybridized carbons (Fsp3) is 0.300. The van der Waals surface area contributed by atoms with E-state index in [0.29, 0.717) is 25.4 Å². The van der Waals surface area contributed by atoms with Gasteiger partial charge in [0.2, 0.25) is 10.0 Å². The van der Waals surface area contributed by atoms with E-state index in [1.54, 1.807) is 53.5 Å². The molecule has 2 aromatic heterocycles. The summed E-state index contributed by atoms with van der Waals surface area (Å²) in [6.07, 6.45) is 6.18. The number of anilines is 1. The van der Waals surface area contributed by atoms with Crippen molar-refractivity contribution >= 4 is 21.6 Å². The minimum absolute atomic E-state index is 0.0959. The Morgan fingerprint density at radius 2 is 1.86 bits per heavy atom. The van der Waals surface area contributed by atoms with Crippen LogP contribution in [0.5, 0.6) is 0 Å². The highest BCUT2D eigenvalue weighted by molar-refractivity contribution is 7.89. The molecule has 1 saturated heterocycles. The second kappa shape index (κ2) is 8.22. The molecule has 1 amide bonds. The Morgan fingerprint density at radius 1 is 1.07 bits per heavy atom. The molecule has 0 spiro atoms. The van der Waals surface area contributed by atoms with Crippen molar-refractivity contribution in [3.8, 4) is 0 Å². The third-order valence-electron chi connectivity index (χ3n) is 4.83. The van der Waals surface area contributed by atoms with Crippen molar-refractivity contribution in [2.75, 3.05) is 18.4 Å². The van der Waals surface area contributed by atoms with E-state index in [2.05, 4.69) is 10.4 Å². The number of amides is 1. The average molecular weight is 414 g/mol. The number of carbonyl (C=O) groups is 1. The number of hydrogen-bond acceptors (Lipinski definition) is 5. The number of furan rings is 1. The van der Waals surface area contributed by atoms with Crippen LogP contribution < -0.4 is 5.32 Å². The molecule has 1 N–H and O–H groups in total. The van der Waals surface area contributed by atoms with Crippen molar-refractivity contribution in [2.24, 2.45) is 0 Å². The number of hydrogen-bond donors (Lipinski definition) is 1. The third-order valence-corrected chi connectivity index (χ3v) is 6.79. The Morgan fingerprint density at radius 3 is 2.62 bits per heavy atom. The minimum atomic E-state index is -3.67. The van der Waals surface area contributed by atoms with Crippen molar-refractivity contribution in [2.45, 2.75) is 30.7 Å². The van der Waals surface area contributed by atoms with Crippen molar-refractivity contribution in [3.05, 3.63) is 66.4 Å². The topological polar surface area (TPSA) is 97.4 Å². The van der Waals surface area contributed by atoms with Crippen molar-refractivity contribution in [1.82, 2.24) is 14.1 Å². The zero-order chi connectivity index (χ0) is 20.3. The van der Waals surface area contributed by atoms with Gasteiger partial charge < -0.3 is 9.73 Å². The first-order chi connectivity index (χ1) is 14.0. The number of nitrogens with one attached hydrogen (secondary N) is 1. The Balaban J connectivity index is 1.53. The maximum atomic E-state index is 13.0. The lowest BCUT2D eigenvalue weighted by Crippen LogP contribution is -2.36. The van der Waals surface area contributed by atoms with Gasteiger partial charge in [-0.15, -0.1) is 0 Å². The van der Waals surface area contributed by atoms with Gasteiger partial charge in [0.25, 0.3) is 5.91 Å². The van der Waals surface area contributed by atoms with Gasteiger partial charge in [-0.05, 0) is 43.2 Å². The fourth-order valence-electron chi connectivity index (χ4n) is 3.36. The van der Waals surface area contributed by atoms with Gasteiger partial charge in [-0.1, -0.05) is 18.6 Å². The van der Waals surface area contributed by atoms with Crippen LogP contribution in [0.2, 0.25) is 0 Å². The first-order valence-corrected chi connectivity index (χ1v) is 10.9. The van der Waals surface area contributed by atoms with Crippen LogP contribution in [-0.2, 0) is 16.6 Å². The summed E-state index contributed by atoms with van der Waals surface area (Å²) in [4.78, 5) is 12.7. The first-order valence-electron chi connectivity index (χ1n) is 9.51. The van der Waals surface area contributed by atoms with Crippen LogP contribution >= 0.6 is 0 Å². The lowest BCUT2D eigenvalue weighted by atomic mass is 10.2. The van der Waals surface area contributed by atoms with Crippen LogP contribution in [0, 0.1) is 0 Å². The van der Waals surface area contributed by atoms with Gasteiger partial charge in [0.15, 0.2) is 5.76 Å². The van der Waals surface area contributed by atoms with Gasteiger partial charge in [-0.3, -0.25) is 9.48 Å². The van der Waals surface area contributed by atoms with Crippen molar-refractivity contribution in [1.29, 1.82) is 0 Å². The summed E-state index contributed by atoms with van der Waals surface area (Å²) in [6, 6.07) is 11.5. The van der Waals surface area contributed by atoms with Gasteiger partial charge >= 0.3 is 0 Å². The maximum absolute atomic E-state index is 13.0. The quantitative estimate of drug-likeness (QED) is 0.669. The molecule has 1 fully saturated rings. The van der Waals surface area contributed by atoms with E-state index in [0.717, 1.165) is 19.3 Å². The summed E-state index contributed by atoms with van der Waals surface area (Å²) in [5, 5.41) is 6.78. The molecule has 0 saturated carbocycles. The molecule has 0 aliphatic carbocycles. The van der Waals surface area contributed by atoms with Gasteiger partial charge in [0.1, 0.15) is 10.7 Å². The molecule has 0 atom stereocenters. The molecule has 152 valence electrons. The fourth-order valence-corrected chi connectivity index (χ4v) is 5.03. The lowest BCUT2D eigenvalue weighted by Gasteiger charge is -2.26. The normalized spacial score (nSPS) is 15.3. The predicted octanol–water partition coefficient (Wildman–Crippen LogP) is 2.95. The molecule has 3 heterocycles. The number of nitrogens with zero attached hydrogens (tertiary/aromatic N) is 3. The predicted molar refractivity (Wildman–Crippen MR) is 107 cm³/mol. The molecule has 0 unspecified atom stereocenters. The largest absolute Gasteiger partial charge is 0.454 e. The molecular formula is C20H22N4O4S. The molecule has 4 rings (SSSR count). The second-order valence-corrected chi connectivity index (χ2v) is 8.79. The van der Waals surface area contributed by atoms with E-state index >= 15 is 0 Å². The third kappa shape index (κ3) is 4.25. The van der Waals surface area contributed by atoms with Crippen LogP contribution in [0.15, 0.2) is 64.2 Å². The SMILES string of the molecule is O=C(Nc1ccccc1S(=O)(=O)N1CCCCC1)c1ccc(Cn2cccn2)o1. The van der Waals surface area contributed by atoms with Gasteiger partial charge in [-0.25, -0.2) is 8.42 Å². The van der Waals surface area contributed by atoms with Crippen LogP contribution in [0.25, 0.3) is 0 Å². The van der Waals surface area contributed by atoms with E-state index in [1.165, 1.54) is 10.4 Å². The molecular weight excluding hydrogens is 392 g/mol. The molecule has 1 aliphatic rings. The summed E-state index contributed by atoms with van der Waals surface area (Å²) < 4.78 is 34.9. The Labute approximate surface area is 169 Å².